The molecule has 0 bridgehead atoms. The average Bonchev–Trinajstić information content (AvgIpc) is 3.40. The molecule has 0 spiro atoms. The largest absolute Gasteiger partial charge is 0.573 e. The predicted octanol–water partition coefficient (Wildman–Crippen LogP) is 2.23. The fourth-order valence-corrected chi connectivity index (χ4v) is 4.18. The van der Waals surface area contributed by atoms with E-state index in [1.165, 1.54) is 6.07 Å². The Bertz CT molecular complexity index is 1030. The molecule has 1 fully saturated rings. The van der Waals surface area contributed by atoms with Gasteiger partial charge in [-0.25, -0.2) is 13.4 Å². The number of hydrogen-bond donors (Lipinski definition) is 2. The molecule has 156 valence electrons. The van der Waals surface area contributed by atoms with Gasteiger partial charge in [0.25, 0.3) is 5.91 Å². The fourth-order valence-electron chi connectivity index (χ4n) is 2.92. The second kappa shape index (κ2) is 7.30. The second-order valence-electron chi connectivity index (χ2n) is 6.90. The maximum absolute atomic E-state index is 12.8. The van der Waals surface area contributed by atoms with Crippen LogP contribution in [0.2, 0.25) is 0 Å². The van der Waals surface area contributed by atoms with Crippen LogP contribution in [0.15, 0.2) is 46.3 Å². The van der Waals surface area contributed by atoms with Gasteiger partial charge in [0.15, 0.2) is 0 Å². The molecule has 1 aliphatic carbocycles. The maximum atomic E-state index is 12.8. The summed E-state index contributed by atoms with van der Waals surface area (Å²) in [5.74, 6) is -1.38. The Hall–Kier alpha value is -2.66. The molecular weight excluding hydrogens is 413 g/mol. The van der Waals surface area contributed by atoms with E-state index in [1.807, 2.05) is 0 Å². The summed E-state index contributed by atoms with van der Waals surface area (Å²) in [7, 11) is -4.12. The van der Waals surface area contributed by atoms with Crippen molar-refractivity contribution in [2.45, 2.75) is 35.4 Å². The van der Waals surface area contributed by atoms with Crippen molar-refractivity contribution in [3.8, 4) is 5.75 Å². The van der Waals surface area contributed by atoms with Crippen LogP contribution >= 0.6 is 0 Å². The number of nitrogens with two attached hydrogens (primary N) is 1. The molecule has 1 heterocycles. The number of carbonyl (C=O) groups is 1. The van der Waals surface area contributed by atoms with Crippen LogP contribution in [0.4, 0.5) is 13.2 Å². The number of aromatic nitrogens is 1. The maximum Gasteiger partial charge on any atom is 0.573 e. The smallest absolute Gasteiger partial charge is 0.406 e. The van der Waals surface area contributed by atoms with E-state index in [1.54, 1.807) is 0 Å². The summed E-state index contributed by atoms with van der Waals surface area (Å²) in [6, 6.07) is 5.00. The lowest BCUT2D eigenvalue weighted by atomic mass is 9.96. The van der Waals surface area contributed by atoms with Gasteiger partial charge in [0.2, 0.25) is 9.84 Å². The quantitative estimate of drug-likeness (QED) is 0.695. The van der Waals surface area contributed by atoms with Crippen molar-refractivity contribution in [1.29, 1.82) is 0 Å². The van der Waals surface area contributed by atoms with Crippen LogP contribution in [0.3, 0.4) is 0 Å². The van der Waals surface area contributed by atoms with Crippen molar-refractivity contribution in [1.82, 2.24) is 4.98 Å². The van der Waals surface area contributed by atoms with Gasteiger partial charge in [0.1, 0.15) is 11.4 Å². The van der Waals surface area contributed by atoms with Gasteiger partial charge < -0.3 is 15.6 Å². The molecule has 1 aromatic heterocycles. The van der Waals surface area contributed by atoms with E-state index >= 15 is 0 Å². The predicted molar refractivity (Wildman–Crippen MR) is 93.8 cm³/mol. The molecule has 3 rings (SSSR count). The molecule has 1 aromatic carbocycles. The summed E-state index contributed by atoms with van der Waals surface area (Å²) in [6.07, 6.45) is -2.25. The van der Waals surface area contributed by atoms with Crippen molar-refractivity contribution in [2.75, 3.05) is 6.61 Å². The average molecular weight is 430 g/mol. The highest BCUT2D eigenvalue weighted by molar-refractivity contribution is 7.91. The number of hydrogen-bond acceptors (Lipinski definition) is 6. The van der Waals surface area contributed by atoms with Crippen molar-refractivity contribution in [2.24, 2.45) is 11.1 Å². The third-order valence-electron chi connectivity index (χ3n) is 4.71. The van der Waals surface area contributed by atoms with Crippen LogP contribution in [0.25, 0.3) is 0 Å². The van der Waals surface area contributed by atoms with Crippen LogP contribution in [-0.4, -0.2) is 37.4 Å². The first-order valence-electron chi connectivity index (χ1n) is 8.46. The Morgan fingerprint density at radius 1 is 1.21 bits per heavy atom. The van der Waals surface area contributed by atoms with E-state index in [-0.39, 0.29) is 28.5 Å². The Balaban J connectivity index is 1.95. The minimum absolute atomic E-state index is 0.0856. The first-order chi connectivity index (χ1) is 13.5. The number of alkyl halides is 3. The SMILES string of the molecule is NC(=O)c1ncc(S(=O)(=O)c2ccc(OC(F)(F)F)cc2)cc1CC1(CO)CC1. The topological polar surface area (TPSA) is 120 Å². The molecule has 1 aliphatic rings. The minimum Gasteiger partial charge on any atom is -0.406 e. The summed E-state index contributed by atoms with van der Waals surface area (Å²) in [5, 5.41) is 9.51. The summed E-state index contributed by atoms with van der Waals surface area (Å²) in [4.78, 5) is 15.0. The number of primary amides is 1. The third-order valence-corrected chi connectivity index (χ3v) is 6.45. The number of aliphatic hydroxyl groups excluding tert-OH is 1. The van der Waals surface area contributed by atoms with Crippen LogP contribution in [0, 0.1) is 5.41 Å². The summed E-state index contributed by atoms with van der Waals surface area (Å²) in [5.41, 5.74) is 5.10. The molecule has 0 aliphatic heterocycles. The molecule has 7 nitrogen and oxygen atoms in total. The van der Waals surface area contributed by atoms with E-state index in [0.717, 1.165) is 43.3 Å². The third kappa shape index (κ3) is 4.67. The van der Waals surface area contributed by atoms with Gasteiger partial charge in [-0.05, 0) is 60.6 Å². The molecule has 0 atom stereocenters. The molecule has 1 saturated carbocycles. The number of halogens is 3. The van der Waals surface area contributed by atoms with Crippen molar-refractivity contribution < 1.29 is 36.2 Å². The van der Waals surface area contributed by atoms with E-state index in [2.05, 4.69) is 9.72 Å². The zero-order valence-corrected chi connectivity index (χ0v) is 15.8. The standard InChI is InChI=1S/C18H17F3N2O5S/c19-18(20,21)28-12-1-3-13(4-2-12)29(26,27)14-7-11(8-17(10-24)5-6-17)15(16(22)25)23-9-14/h1-4,7,9,24H,5-6,8,10H2,(H2,22,25). The molecule has 11 heteroatoms. The molecule has 0 unspecified atom stereocenters. The Labute approximate surface area is 164 Å². The molecular formula is C18H17F3N2O5S. The molecule has 29 heavy (non-hydrogen) atoms. The van der Waals surface area contributed by atoms with Crippen molar-refractivity contribution in [3.63, 3.8) is 0 Å². The Morgan fingerprint density at radius 2 is 1.83 bits per heavy atom. The van der Waals surface area contributed by atoms with Crippen LogP contribution in [0.1, 0.15) is 28.9 Å². The summed E-state index contributed by atoms with van der Waals surface area (Å²) < 4.78 is 66.2. The highest BCUT2D eigenvalue weighted by Gasteiger charge is 2.43. The first-order valence-corrected chi connectivity index (χ1v) is 9.95. The van der Waals surface area contributed by atoms with Gasteiger partial charge in [-0.2, -0.15) is 0 Å². The van der Waals surface area contributed by atoms with Gasteiger partial charge in [-0.1, -0.05) is 0 Å². The molecule has 0 radical (unpaired) electrons. The highest BCUT2D eigenvalue weighted by Crippen LogP contribution is 2.48. The van der Waals surface area contributed by atoms with Crippen molar-refractivity contribution in [3.05, 3.63) is 47.8 Å². The summed E-state index contributed by atoms with van der Waals surface area (Å²) in [6.45, 7) is -0.122. The van der Waals surface area contributed by atoms with E-state index < -0.39 is 33.3 Å². The van der Waals surface area contributed by atoms with Gasteiger partial charge in [0.05, 0.1) is 9.79 Å². The fraction of sp³-hybridized carbons (Fsp3) is 0.333. The zero-order valence-electron chi connectivity index (χ0n) is 14.9. The van der Waals surface area contributed by atoms with E-state index in [0.29, 0.717) is 5.56 Å². The van der Waals surface area contributed by atoms with Gasteiger partial charge in [0, 0.05) is 12.8 Å². The summed E-state index contributed by atoms with van der Waals surface area (Å²) >= 11 is 0. The second-order valence-corrected chi connectivity index (χ2v) is 8.85. The number of sulfone groups is 1. The number of amides is 1. The lowest BCUT2D eigenvalue weighted by Crippen LogP contribution is -2.20. The lowest BCUT2D eigenvalue weighted by molar-refractivity contribution is -0.274. The monoisotopic (exact) mass is 430 g/mol. The highest BCUT2D eigenvalue weighted by atomic mass is 32.2. The molecule has 0 saturated heterocycles. The normalized spacial score (nSPS) is 15.7. The molecule has 1 amide bonds. The zero-order chi connectivity index (χ0) is 21.4. The molecule has 3 N–H and O–H groups in total. The number of rotatable bonds is 7. The number of benzene rings is 1. The van der Waals surface area contributed by atoms with Crippen molar-refractivity contribution >= 4 is 15.7 Å². The minimum atomic E-state index is -4.89. The number of nitrogens with zero attached hydrogens (tertiary/aromatic N) is 1. The molecule has 2 aromatic rings. The van der Waals surface area contributed by atoms with Gasteiger partial charge in [-0.3, -0.25) is 4.79 Å². The Morgan fingerprint density at radius 3 is 2.31 bits per heavy atom. The lowest BCUT2D eigenvalue weighted by Gasteiger charge is -2.15. The number of carbonyl (C=O) groups excluding carboxylic acids is 1. The van der Waals surface area contributed by atoms with Crippen LogP contribution in [-0.2, 0) is 16.3 Å². The first kappa shape index (κ1) is 21.1. The Kier molecular flexibility index (Phi) is 5.30. The number of aliphatic hydroxyl groups is 1. The van der Waals surface area contributed by atoms with E-state index in [9.17, 15) is 31.5 Å². The van der Waals surface area contributed by atoms with Gasteiger partial charge in [-0.15, -0.1) is 13.2 Å². The van der Waals surface area contributed by atoms with Gasteiger partial charge >= 0.3 is 6.36 Å². The van der Waals surface area contributed by atoms with Crippen LogP contribution < -0.4 is 10.5 Å². The number of pyridine rings is 1. The van der Waals surface area contributed by atoms with E-state index in [4.69, 9.17) is 5.73 Å². The van der Waals surface area contributed by atoms with Crippen LogP contribution in [0.5, 0.6) is 5.75 Å². The number of ether oxygens (including phenoxy) is 1.